The molecule has 1 aromatic carbocycles. The molecule has 1 atom stereocenters. The summed E-state index contributed by atoms with van der Waals surface area (Å²) < 4.78 is 5.32. The summed E-state index contributed by atoms with van der Waals surface area (Å²) in [5.74, 6) is -0.354. The standard InChI is InChI=1S/C24H26N4O3/c1-24(2,3)31-23(30)28-21(15-17-7-5-4-6-8-17)22(29)27-19-9-10-20(26-16-19)18-11-13-25-14-12-18/h4-14,16,21H,15H2,1-3H3,(H,27,29)(H,28,30)/t21-/m1/s1. The molecule has 0 aliphatic heterocycles. The lowest BCUT2D eigenvalue weighted by atomic mass is 10.1. The van der Waals surface area contributed by atoms with E-state index in [1.54, 1.807) is 45.4 Å². The molecule has 7 nitrogen and oxygen atoms in total. The van der Waals surface area contributed by atoms with Gasteiger partial charge in [0.15, 0.2) is 0 Å². The van der Waals surface area contributed by atoms with E-state index in [0.717, 1.165) is 16.8 Å². The summed E-state index contributed by atoms with van der Waals surface area (Å²) in [6.45, 7) is 5.32. The van der Waals surface area contributed by atoms with E-state index >= 15 is 0 Å². The van der Waals surface area contributed by atoms with E-state index in [1.165, 1.54) is 0 Å². The predicted molar refractivity (Wildman–Crippen MR) is 119 cm³/mol. The highest BCUT2D eigenvalue weighted by Crippen LogP contribution is 2.18. The highest BCUT2D eigenvalue weighted by atomic mass is 16.6. The number of anilines is 1. The van der Waals surface area contributed by atoms with Crippen LogP contribution in [0.1, 0.15) is 26.3 Å². The van der Waals surface area contributed by atoms with Gasteiger partial charge < -0.3 is 15.4 Å². The second kappa shape index (κ2) is 9.84. The number of aromatic nitrogens is 2. The van der Waals surface area contributed by atoms with Crippen LogP contribution in [-0.2, 0) is 16.0 Å². The number of nitrogens with one attached hydrogen (secondary N) is 2. The number of nitrogens with zero attached hydrogens (tertiary/aromatic N) is 2. The summed E-state index contributed by atoms with van der Waals surface area (Å²) in [5.41, 5.74) is 2.50. The van der Waals surface area contributed by atoms with Crippen molar-refractivity contribution in [2.24, 2.45) is 0 Å². The van der Waals surface area contributed by atoms with Crippen LogP contribution in [-0.4, -0.2) is 33.6 Å². The molecule has 3 rings (SSSR count). The number of pyridine rings is 2. The zero-order chi connectivity index (χ0) is 22.3. The van der Waals surface area contributed by atoms with Crippen LogP contribution in [0.25, 0.3) is 11.3 Å². The Morgan fingerprint density at radius 1 is 1.00 bits per heavy atom. The van der Waals surface area contributed by atoms with Crippen molar-refractivity contribution in [3.8, 4) is 11.3 Å². The van der Waals surface area contributed by atoms with Crippen LogP contribution in [0, 0.1) is 0 Å². The maximum absolute atomic E-state index is 13.0. The van der Waals surface area contributed by atoms with Crippen molar-refractivity contribution >= 4 is 17.7 Å². The van der Waals surface area contributed by atoms with Crippen molar-refractivity contribution in [1.82, 2.24) is 15.3 Å². The molecule has 0 saturated heterocycles. The highest BCUT2D eigenvalue weighted by Gasteiger charge is 2.25. The molecular weight excluding hydrogens is 392 g/mol. The summed E-state index contributed by atoms with van der Waals surface area (Å²) in [6.07, 6.45) is 4.66. The van der Waals surface area contributed by atoms with Gasteiger partial charge in [-0.2, -0.15) is 0 Å². The fourth-order valence-corrected chi connectivity index (χ4v) is 2.90. The number of carbonyl (C=O) groups excluding carboxylic acids is 2. The Balaban J connectivity index is 1.71. The summed E-state index contributed by atoms with van der Waals surface area (Å²) in [6, 6.07) is 16.0. The molecule has 3 aromatic rings. The Hall–Kier alpha value is -3.74. The van der Waals surface area contributed by atoms with Gasteiger partial charge in [0.05, 0.1) is 17.6 Å². The maximum atomic E-state index is 13.0. The zero-order valence-corrected chi connectivity index (χ0v) is 17.8. The first-order chi connectivity index (χ1) is 14.8. The molecular formula is C24H26N4O3. The van der Waals surface area contributed by atoms with Crippen molar-refractivity contribution in [3.05, 3.63) is 78.8 Å². The van der Waals surface area contributed by atoms with Crippen LogP contribution in [0.15, 0.2) is 73.2 Å². The zero-order valence-electron chi connectivity index (χ0n) is 17.8. The van der Waals surface area contributed by atoms with Crippen molar-refractivity contribution in [1.29, 1.82) is 0 Å². The largest absolute Gasteiger partial charge is 0.444 e. The molecule has 2 amide bonds. The first kappa shape index (κ1) is 22.0. The summed E-state index contributed by atoms with van der Waals surface area (Å²) in [5, 5.41) is 5.50. The molecule has 0 spiro atoms. The first-order valence-electron chi connectivity index (χ1n) is 10.0. The molecule has 31 heavy (non-hydrogen) atoms. The molecule has 0 saturated carbocycles. The number of hydrogen-bond donors (Lipinski definition) is 2. The van der Waals surface area contributed by atoms with E-state index in [2.05, 4.69) is 20.6 Å². The Morgan fingerprint density at radius 2 is 1.71 bits per heavy atom. The molecule has 0 aliphatic rings. The summed E-state index contributed by atoms with van der Waals surface area (Å²) >= 11 is 0. The molecule has 2 aromatic heterocycles. The van der Waals surface area contributed by atoms with Crippen LogP contribution in [0.4, 0.5) is 10.5 Å². The first-order valence-corrected chi connectivity index (χ1v) is 10.0. The normalized spacial score (nSPS) is 12.0. The lowest BCUT2D eigenvalue weighted by Crippen LogP contribution is -2.47. The number of hydrogen-bond acceptors (Lipinski definition) is 5. The third kappa shape index (κ3) is 6.92. The SMILES string of the molecule is CC(C)(C)OC(=O)N[C@H](Cc1ccccc1)C(=O)Nc1ccc(-c2ccncc2)nc1. The highest BCUT2D eigenvalue weighted by molar-refractivity contribution is 5.96. The van der Waals surface area contributed by atoms with Gasteiger partial charge in [0.2, 0.25) is 5.91 Å². The Labute approximate surface area is 181 Å². The molecule has 0 unspecified atom stereocenters. The average molecular weight is 418 g/mol. The third-order valence-electron chi connectivity index (χ3n) is 4.30. The smallest absolute Gasteiger partial charge is 0.408 e. The fraction of sp³-hybridized carbons (Fsp3) is 0.250. The van der Waals surface area contributed by atoms with E-state index in [-0.39, 0.29) is 5.91 Å². The van der Waals surface area contributed by atoms with Crippen molar-refractivity contribution in [2.75, 3.05) is 5.32 Å². The minimum absolute atomic E-state index is 0.328. The van der Waals surface area contributed by atoms with Gasteiger partial charge in [0.25, 0.3) is 0 Å². The Bertz CT molecular complexity index is 1000. The molecule has 0 bridgehead atoms. The number of benzene rings is 1. The Morgan fingerprint density at radius 3 is 2.32 bits per heavy atom. The van der Waals surface area contributed by atoms with Crippen LogP contribution >= 0.6 is 0 Å². The topological polar surface area (TPSA) is 93.2 Å². The maximum Gasteiger partial charge on any atom is 0.408 e. The monoisotopic (exact) mass is 418 g/mol. The van der Waals surface area contributed by atoms with Crippen molar-refractivity contribution < 1.29 is 14.3 Å². The molecule has 7 heteroatoms. The van der Waals surface area contributed by atoms with E-state index in [4.69, 9.17) is 4.74 Å². The summed E-state index contributed by atoms with van der Waals surface area (Å²) in [4.78, 5) is 33.6. The van der Waals surface area contributed by atoms with E-state index in [1.807, 2.05) is 48.5 Å². The number of alkyl carbamates (subject to hydrolysis) is 1. The van der Waals surface area contributed by atoms with Crippen LogP contribution in [0.5, 0.6) is 0 Å². The Kier molecular flexibility index (Phi) is 6.97. The van der Waals surface area contributed by atoms with Crippen LogP contribution in [0.2, 0.25) is 0 Å². The van der Waals surface area contributed by atoms with Crippen LogP contribution < -0.4 is 10.6 Å². The fourth-order valence-electron chi connectivity index (χ4n) is 2.90. The summed E-state index contributed by atoms with van der Waals surface area (Å²) in [7, 11) is 0. The minimum atomic E-state index is -0.808. The van der Waals surface area contributed by atoms with Gasteiger partial charge in [-0.05, 0) is 50.6 Å². The molecule has 2 N–H and O–H groups in total. The van der Waals surface area contributed by atoms with Gasteiger partial charge in [0.1, 0.15) is 11.6 Å². The van der Waals surface area contributed by atoms with Gasteiger partial charge >= 0.3 is 6.09 Å². The molecule has 0 fully saturated rings. The number of rotatable bonds is 6. The minimum Gasteiger partial charge on any atom is -0.444 e. The van der Waals surface area contributed by atoms with E-state index < -0.39 is 17.7 Å². The molecule has 160 valence electrons. The van der Waals surface area contributed by atoms with Crippen molar-refractivity contribution in [2.45, 2.75) is 38.8 Å². The predicted octanol–water partition coefficient (Wildman–Crippen LogP) is 4.22. The van der Waals surface area contributed by atoms with E-state index in [9.17, 15) is 9.59 Å². The van der Waals surface area contributed by atoms with Crippen LogP contribution in [0.3, 0.4) is 0 Å². The number of carbonyl (C=O) groups is 2. The molecule has 0 radical (unpaired) electrons. The van der Waals surface area contributed by atoms with E-state index in [0.29, 0.717) is 12.1 Å². The third-order valence-corrected chi connectivity index (χ3v) is 4.30. The average Bonchev–Trinajstić information content (AvgIpc) is 2.74. The van der Waals surface area contributed by atoms with Crippen molar-refractivity contribution in [3.63, 3.8) is 0 Å². The molecule has 2 heterocycles. The van der Waals surface area contributed by atoms with Gasteiger partial charge in [-0.1, -0.05) is 30.3 Å². The second-order valence-electron chi connectivity index (χ2n) is 8.05. The lowest BCUT2D eigenvalue weighted by molar-refractivity contribution is -0.118. The van der Waals surface area contributed by atoms with Gasteiger partial charge in [0, 0.05) is 24.4 Å². The van der Waals surface area contributed by atoms with Gasteiger partial charge in [-0.25, -0.2) is 4.79 Å². The number of ether oxygens (including phenoxy) is 1. The molecule has 0 aliphatic carbocycles. The lowest BCUT2D eigenvalue weighted by Gasteiger charge is -2.23. The second-order valence-corrected chi connectivity index (χ2v) is 8.05. The van der Waals surface area contributed by atoms with Gasteiger partial charge in [-0.3, -0.25) is 14.8 Å². The quantitative estimate of drug-likeness (QED) is 0.625. The van der Waals surface area contributed by atoms with Gasteiger partial charge in [-0.15, -0.1) is 0 Å². The number of amides is 2.